The van der Waals surface area contributed by atoms with Gasteiger partial charge in [0, 0.05) is 29.3 Å². The van der Waals surface area contributed by atoms with E-state index in [4.69, 9.17) is 0 Å². The molecule has 2 aliphatic rings. The molecule has 3 atom stereocenters. The van der Waals surface area contributed by atoms with Crippen molar-refractivity contribution in [3.63, 3.8) is 0 Å². The number of hydrogen-bond acceptors (Lipinski definition) is 2. The lowest BCUT2D eigenvalue weighted by atomic mass is 9.94. The molecule has 6 heteroatoms. The lowest BCUT2D eigenvalue weighted by molar-refractivity contribution is -0.137. The fourth-order valence-corrected chi connectivity index (χ4v) is 3.69. The third-order valence-corrected chi connectivity index (χ3v) is 4.67. The van der Waals surface area contributed by atoms with Gasteiger partial charge in [0.25, 0.3) is 0 Å². The Labute approximate surface area is 124 Å². The van der Waals surface area contributed by atoms with Crippen LogP contribution in [-0.2, 0) is 6.18 Å². The molecule has 1 aromatic carbocycles. The lowest BCUT2D eigenvalue weighted by Crippen LogP contribution is -2.39. The summed E-state index contributed by atoms with van der Waals surface area (Å²) < 4.78 is 38.9. The maximum Gasteiger partial charge on any atom is 0.416 e. The number of benzene rings is 1. The Morgan fingerprint density at radius 2 is 1.90 bits per heavy atom. The average Bonchev–Trinajstić information content (AvgIpc) is 2.74. The topological polar surface area (TPSA) is 15.3 Å². The second-order valence-corrected chi connectivity index (χ2v) is 6.53. The molecule has 3 unspecified atom stereocenters. The molecule has 0 amide bonds. The van der Waals surface area contributed by atoms with E-state index in [0.29, 0.717) is 16.1 Å². The van der Waals surface area contributed by atoms with Crippen LogP contribution in [0.3, 0.4) is 0 Å². The zero-order valence-corrected chi connectivity index (χ0v) is 12.5. The molecule has 2 heterocycles. The molecule has 110 valence electrons. The van der Waals surface area contributed by atoms with Crippen LogP contribution in [0.5, 0.6) is 0 Å². The minimum absolute atomic E-state index is 0.282. The quantitative estimate of drug-likeness (QED) is 0.869. The molecule has 1 aromatic rings. The molecular weight excluding hydrogens is 333 g/mol. The van der Waals surface area contributed by atoms with Crippen molar-refractivity contribution >= 4 is 21.6 Å². The Bertz CT molecular complexity index is 504. The first-order valence-corrected chi connectivity index (χ1v) is 7.58. The first-order valence-electron chi connectivity index (χ1n) is 6.78. The number of anilines is 1. The van der Waals surface area contributed by atoms with Gasteiger partial charge in [0.1, 0.15) is 0 Å². The van der Waals surface area contributed by atoms with Gasteiger partial charge in [0.2, 0.25) is 0 Å². The zero-order chi connectivity index (χ0) is 14.3. The number of rotatable bonds is 2. The molecule has 0 aromatic heterocycles. The van der Waals surface area contributed by atoms with Crippen LogP contribution in [0.25, 0.3) is 0 Å². The molecule has 0 spiro atoms. The second-order valence-electron chi connectivity index (χ2n) is 5.62. The van der Waals surface area contributed by atoms with Gasteiger partial charge in [-0.1, -0.05) is 15.9 Å². The van der Waals surface area contributed by atoms with Gasteiger partial charge in [-0.25, -0.2) is 0 Å². The van der Waals surface area contributed by atoms with Gasteiger partial charge in [-0.05, 0) is 43.5 Å². The molecular formula is C14H16BrF3N2. The van der Waals surface area contributed by atoms with Crippen molar-refractivity contribution in [2.45, 2.75) is 25.1 Å². The van der Waals surface area contributed by atoms with Crippen molar-refractivity contribution in [3.05, 3.63) is 28.2 Å². The maximum atomic E-state index is 12.8. The van der Waals surface area contributed by atoms with Gasteiger partial charge in [0.15, 0.2) is 0 Å². The van der Waals surface area contributed by atoms with Crippen LogP contribution in [0.15, 0.2) is 22.7 Å². The predicted molar refractivity (Wildman–Crippen MR) is 75.7 cm³/mol. The predicted octanol–water partition coefficient (Wildman–Crippen LogP) is 3.97. The summed E-state index contributed by atoms with van der Waals surface area (Å²) in [7, 11) is 0. The van der Waals surface area contributed by atoms with E-state index in [2.05, 4.69) is 26.1 Å². The van der Waals surface area contributed by atoms with E-state index in [0.717, 1.165) is 38.5 Å². The molecule has 2 bridgehead atoms. The van der Waals surface area contributed by atoms with Gasteiger partial charge in [-0.3, -0.25) is 0 Å². The maximum absolute atomic E-state index is 12.8. The monoisotopic (exact) mass is 348 g/mol. The Morgan fingerprint density at radius 1 is 1.15 bits per heavy atom. The molecule has 2 saturated heterocycles. The highest BCUT2D eigenvalue weighted by Gasteiger charge is 2.35. The van der Waals surface area contributed by atoms with E-state index >= 15 is 0 Å². The summed E-state index contributed by atoms with van der Waals surface area (Å²) in [6.45, 7) is 3.22. The molecule has 2 aliphatic heterocycles. The standard InChI is InChI=1S/C14H16BrF3N2/c15-11-5-10(14(16,17)18)6-12(7-11)19-13-2-4-20-3-1-9(13)8-20/h5-7,9,13,19H,1-4,8H2. The number of halogens is 4. The Morgan fingerprint density at radius 3 is 2.65 bits per heavy atom. The summed E-state index contributed by atoms with van der Waals surface area (Å²) >= 11 is 3.16. The third-order valence-electron chi connectivity index (χ3n) is 4.21. The van der Waals surface area contributed by atoms with Crippen LogP contribution in [0, 0.1) is 5.92 Å². The summed E-state index contributed by atoms with van der Waals surface area (Å²) in [5.41, 5.74) is -0.0599. The highest BCUT2D eigenvalue weighted by molar-refractivity contribution is 9.10. The van der Waals surface area contributed by atoms with Crippen LogP contribution < -0.4 is 5.32 Å². The number of nitrogens with zero attached hydrogens (tertiary/aromatic N) is 1. The van der Waals surface area contributed by atoms with E-state index in [-0.39, 0.29) is 6.04 Å². The first-order chi connectivity index (χ1) is 9.41. The Hall–Kier alpha value is -0.750. The fraction of sp³-hybridized carbons (Fsp3) is 0.571. The van der Waals surface area contributed by atoms with Crippen molar-refractivity contribution in [1.29, 1.82) is 0 Å². The van der Waals surface area contributed by atoms with Crippen molar-refractivity contribution < 1.29 is 13.2 Å². The van der Waals surface area contributed by atoms with Crippen LogP contribution in [-0.4, -0.2) is 30.6 Å². The second kappa shape index (κ2) is 5.22. The smallest absolute Gasteiger partial charge is 0.382 e. The largest absolute Gasteiger partial charge is 0.416 e. The minimum atomic E-state index is -4.31. The molecule has 0 radical (unpaired) electrons. The zero-order valence-electron chi connectivity index (χ0n) is 10.9. The van der Waals surface area contributed by atoms with E-state index in [1.807, 2.05) is 0 Å². The SMILES string of the molecule is FC(F)(F)c1cc(Br)cc(NC2CCN3CCC2C3)c1. The first kappa shape index (κ1) is 14.2. The van der Waals surface area contributed by atoms with Gasteiger partial charge < -0.3 is 10.2 Å². The van der Waals surface area contributed by atoms with E-state index in [9.17, 15) is 13.2 Å². The number of fused-ring (bicyclic) bond motifs is 2. The Kier molecular flexibility index (Phi) is 3.71. The number of nitrogens with one attached hydrogen (secondary N) is 1. The van der Waals surface area contributed by atoms with Gasteiger partial charge in [0.05, 0.1) is 5.56 Å². The van der Waals surface area contributed by atoms with E-state index in [1.165, 1.54) is 6.07 Å². The third kappa shape index (κ3) is 2.96. The highest BCUT2D eigenvalue weighted by atomic mass is 79.9. The minimum Gasteiger partial charge on any atom is -0.382 e. The molecule has 0 aliphatic carbocycles. The van der Waals surface area contributed by atoms with E-state index < -0.39 is 11.7 Å². The molecule has 0 saturated carbocycles. The summed E-state index contributed by atoms with van der Waals surface area (Å²) in [5, 5.41) is 3.31. The number of alkyl halides is 3. The summed E-state index contributed by atoms with van der Waals surface area (Å²) in [6.07, 6.45) is -2.17. The van der Waals surface area contributed by atoms with Gasteiger partial charge >= 0.3 is 6.18 Å². The molecule has 20 heavy (non-hydrogen) atoms. The molecule has 1 N–H and O–H groups in total. The highest BCUT2D eigenvalue weighted by Crippen LogP contribution is 2.35. The molecule has 2 nitrogen and oxygen atoms in total. The molecule has 3 rings (SSSR count). The van der Waals surface area contributed by atoms with Crippen LogP contribution in [0.1, 0.15) is 18.4 Å². The van der Waals surface area contributed by atoms with Crippen molar-refractivity contribution in [2.75, 3.05) is 25.0 Å². The van der Waals surface area contributed by atoms with Gasteiger partial charge in [-0.2, -0.15) is 13.2 Å². The Balaban J connectivity index is 1.78. The van der Waals surface area contributed by atoms with E-state index in [1.54, 1.807) is 6.07 Å². The number of hydrogen-bond donors (Lipinski definition) is 1. The van der Waals surface area contributed by atoms with Crippen LogP contribution in [0.2, 0.25) is 0 Å². The normalized spacial score (nSPS) is 29.5. The van der Waals surface area contributed by atoms with Crippen LogP contribution in [0.4, 0.5) is 18.9 Å². The van der Waals surface area contributed by atoms with Crippen molar-refractivity contribution in [2.24, 2.45) is 5.92 Å². The lowest BCUT2D eigenvalue weighted by Gasteiger charge is -2.32. The van der Waals surface area contributed by atoms with Crippen molar-refractivity contribution in [3.8, 4) is 0 Å². The van der Waals surface area contributed by atoms with Crippen LogP contribution >= 0.6 is 15.9 Å². The van der Waals surface area contributed by atoms with Gasteiger partial charge in [-0.15, -0.1) is 0 Å². The molecule has 2 fully saturated rings. The van der Waals surface area contributed by atoms with Crippen molar-refractivity contribution in [1.82, 2.24) is 4.90 Å². The fourth-order valence-electron chi connectivity index (χ4n) is 3.19. The average molecular weight is 349 g/mol. The number of piperidine rings is 1. The summed E-state index contributed by atoms with van der Waals surface area (Å²) in [5.74, 6) is 0.553. The summed E-state index contributed by atoms with van der Waals surface area (Å²) in [6, 6.07) is 4.32. The summed E-state index contributed by atoms with van der Waals surface area (Å²) in [4.78, 5) is 2.42.